The van der Waals surface area contributed by atoms with E-state index >= 15 is 0 Å². The average molecular weight is 325 g/mol. The maximum absolute atomic E-state index is 13.1. The van der Waals surface area contributed by atoms with Crippen molar-refractivity contribution in [3.05, 3.63) is 71.0 Å². The number of hydrogen-bond acceptors (Lipinski definition) is 0. The van der Waals surface area contributed by atoms with Crippen molar-refractivity contribution in [1.29, 1.82) is 0 Å². The zero-order chi connectivity index (χ0) is 15.3. The smallest absolute Gasteiger partial charge is 0.123 e. The summed E-state index contributed by atoms with van der Waals surface area (Å²) in [5, 5.41) is 0. The van der Waals surface area contributed by atoms with Crippen molar-refractivity contribution in [2.75, 3.05) is 11.8 Å². The lowest BCUT2D eigenvalue weighted by Crippen LogP contribution is -2.33. The third kappa shape index (κ3) is 3.78. The number of alkyl halides is 2. The molecule has 0 aliphatic carbocycles. The Bertz CT molecular complexity index is 557. The Hall–Kier alpha value is -1.05. The molecule has 0 heterocycles. The van der Waals surface area contributed by atoms with Crippen LogP contribution in [0.25, 0.3) is 0 Å². The van der Waals surface area contributed by atoms with E-state index in [1.807, 2.05) is 0 Å². The fourth-order valence-electron chi connectivity index (χ4n) is 2.47. The molecule has 0 spiro atoms. The van der Waals surface area contributed by atoms with Gasteiger partial charge in [-0.15, -0.1) is 23.2 Å². The molecule has 3 heteroatoms. The van der Waals surface area contributed by atoms with E-state index in [2.05, 4.69) is 31.2 Å². The number of aryl methyl sites for hydroxylation is 1. The lowest BCUT2D eigenvalue weighted by molar-refractivity contribution is 0.533. The molecule has 0 bridgehead atoms. The predicted octanol–water partition coefficient (Wildman–Crippen LogP) is 5.35. The highest BCUT2D eigenvalue weighted by atomic mass is 35.5. The molecule has 0 nitrogen and oxygen atoms in total. The van der Waals surface area contributed by atoms with Crippen molar-refractivity contribution < 1.29 is 4.39 Å². The summed E-state index contributed by atoms with van der Waals surface area (Å²) in [6.45, 7) is 2.13. The van der Waals surface area contributed by atoms with Crippen molar-refractivity contribution in [3.8, 4) is 0 Å². The van der Waals surface area contributed by atoms with E-state index in [4.69, 9.17) is 23.2 Å². The second-order valence-electron chi connectivity index (χ2n) is 5.40. The molecule has 0 aliphatic heterocycles. The van der Waals surface area contributed by atoms with Crippen LogP contribution in [0.2, 0.25) is 0 Å². The van der Waals surface area contributed by atoms with Crippen molar-refractivity contribution in [1.82, 2.24) is 0 Å². The van der Waals surface area contributed by atoms with Gasteiger partial charge in [-0.3, -0.25) is 0 Å². The molecule has 0 atom stereocenters. The van der Waals surface area contributed by atoms with Gasteiger partial charge in [0, 0.05) is 17.2 Å². The Kier molecular flexibility index (Phi) is 5.66. The average Bonchev–Trinajstić information content (AvgIpc) is 2.54. The van der Waals surface area contributed by atoms with E-state index in [1.54, 1.807) is 12.1 Å². The largest absolute Gasteiger partial charge is 0.207 e. The van der Waals surface area contributed by atoms with Gasteiger partial charge in [-0.25, -0.2) is 4.39 Å². The van der Waals surface area contributed by atoms with E-state index in [0.29, 0.717) is 11.8 Å². The fraction of sp³-hybridized carbons (Fsp3) is 0.333. The second-order valence-corrected chi connectivity index (χ2v) is 5.94. The Morgan fingerprint density at radius 1 is 0.857 bits per heavy atom. The van der Waals surface area contributed by atoms with Crippen LogP contribution in [0.15, 0.2) is 48.5 Å². The minimum Gasteiger partial charge on any atom is -0.207 e. The minimum absolute atomic E-state index is 0.246. The molecule has 2 aromatic rings. The first kappa shape index (κ1) is 16.3. The Labute approximate surface area is 135 Å². The normalized spacial score (nSPS) is 11.6. The first-order chi connectivity index (χ1) is 10.1. The molecular formula is C18H19Cl2F. The first-order valence-electron chi connectivity index (χ1n) is 7.09. The van der Waals surface area contributed by atoms with Crippen LogP contribution in [0.3, 0.4) is 0 Å². The standard InChI is InChI=1S/C18H19Cl2F/c1-2-14-3-5-15(6-4-14)11-18(12-19,13-20)16-7-9-17(21)10-8-16/h3-10H,2,11-13H2,1H3. The molecule has 0 aromatic heterocycles. The summed E-state index contributed by atoms with van der Waals surface area (Å²) in [5.41, 5.74) is 3.11. The third-order valence-electron chi connectivity index (χ3n) is 3.94. The summed E-state index contributed by atoms with van der Waals surface area (Å²) in [7, 11) is 0. The zero-order valence-electron chi connectivity index (χ0n) is 12.1. The van der Waals surface area contributed by atoms with Gasteiger partial charge in [-0.2, -0.15) is 0 Å². The SMILES string of the molecule is CCc1ccc(CC(CCl)(CCl)c2ccc(F)cc2)cc1. The van der Waals surface area contributed by atoms with Crippen LogP contribution < -0.4 is 0 Å². The van der Waals surface area contributed by atoms with E-state index in [-0.39, 0.29) is 11.2 Å². The van der Waals surface area contributed by atoms with E-state index < -0.39 is 0 Å². The molecule has 0 radical (unpaired) electrons. The van der Waals surface area contributed by atoms with Gasteiger partial charge >= 0.3 is 0 Å². The van der Waals surface area contributed by atoms with E-state index in [9.17, 15) is 4.39 Å². The molecule has 0 unspecified atom stereocenters. The lowest BCUT2D eigenvalue weighted by Gasteiger charge is -2.30. The summed E-state index contributed by atoms with van der Waals surface area (Å²) >= 11 is 12.5. The quantitative estimate of drug-likeness (QED) is 0.628. The number of rotatable bonds is 6. The highest BCUT2D eigenvalue weighted by molar-refractivity contribution is 6.22. The molecule has 2 aromatic carbocycles. The van der Waals surface area contributed by atoms with Crippen molar-refractivity contribution in [2.45, 2.75) is 25.2 Å². The van der Waals surface area contributed by atoms with Crippen LogP contribution in [-0.4, -0.2) is 11.8 Å². The topological polar surface area (TPSA) is 0 Å². The molecular weight excluding hydrogens is 306 g/mol. The third-order valence-corrected chi connectivity index (χ3v) is 4.97. The van der Waals surface area contributed by atoms with Crippen LogP contribution in [0.1, 0.15) is 23.6 Å². The first-order valence-corrected chi connectivity index (χ1v) is 8.16. The van der Waals surface area contributed by atoms with Gasteiger partial charge in [0.2, 0.25) is 0 Å². The molecule has 0 saturated heterocycles. The molecule has 0 amide bonds. The van der Waals surface area contributed by atoms with Gasteiger partial charge in [-0.1, -0.05) is 43.3 Å². The summed E-state index contributed by atoms with van der Waals surface area (Å²) in [5.74, 6) is 0.555. The molecule has 0 N–H and O–H groups in total. The Balaban J connectivity index is 2.30. The van der Waals surface area contributed by atoms with E-state index in [0.717, 1.165) is 18.4 Å². The van der Waals surface area contributed by atoms with Crippen LogP contribution in [0.4, 0.5) is 4.39 Å². The minimum atomic E-state index is -0.370. The summed E-state index contributed by atoms with van der Waals surface area (Å²) in [6, 6.07) is 15.0. The highest BCUT2D eigenvalue weighted by Crippen LogP contribution is 2.32. The van der Waals surface area contributed by atoms with Crippen LogP contribution in [-0.2, 0) is 18.3 Å². The van der Waals surface area contributed by atoms with Gasteiger partial charge in [0.15, 0.2) is 0 Å². The van der Waals surface area contributed by atoms with Gasteiger partial charge in [0.05, 0.1) is 0 Å². The highest BCUT2D eigenvalue weighted by Gasteiger charge is 2.31. The maximum Gasteiger partial charge on any atom is 0.123 e. The fourth-order valence-corrected chi connectivity index (χ4v) is 3.26. The Morgan fingerprint density at radius 2 is 1.38 bits per heavy atom. The summed E-state index contributed by atoms with van der Waals surface area (Å²) in [4.78, 5) is 0. The summed E-state index contributed by atoms with van der Waals surface area (Å²) < 4.78 is 13.1. The summed E-state index contributed by atoms with van der Waals surface area (Å²) in [6.07, 6.45) is 1.77. The maximum atomic E-state index is 13.1. The molecule has 0 aliphatic rings. The molecule has 112 valence electrons. The number of benzene rings is 2. The van der Waals surface area contributed by atoms with Gasteiger partial charge in [0.1, 0.15) is 5.82 Å². The second kappa shape index (κ2) is 7.29. The van der Waals surface area contributed by atoms with Crippen LogP contribution in [0.5, 0.6) is 0 Å². The predicted molar refractivity (Wildman–Crippen MR) is 89.0 cm³/mol. The molecule has 0 saturated carbocycles. The zero-order valence-corrected chi connectivity index (χ0v) is 13.6. The van der Waals surface area contributed by atoms with Crippen molar-refractivity contribution in [3.63, 3.8) is 0 Å². The van der Waals surface area contributed by atoms with E-state index in [1.165, 1.54) is 23.3 Å². The number of hydrogen-bond donors (Lipinski definition) is 0. The van der Waals surface area contributed by atoms with Gasteiger partial charge in [0.25, 0.3) is 0 Å². The monoisotopic (exact) mass is 324 g/mol. The molecule has 2 rings (SSSR count). The number of halogens is 3. The van der Waals surface area contributed by atoms with Crippen molar-refractivity contribution >= 4 is 23.2 Å². The van der Waals surface area contributed by atoms with Gasteiger partial charge < -0.3 is 0 Å². The lowest BCUT2D eigenvalue weighted by atomic mass is 9.78. The molecule has 21 heavy (non-hydrogen) atoms. The van der Waals surface area contributed by atoms with Crippen LogP contribution in [0, 0.1) is 5.82 Å². The Morgan fingerprint density at radius 3 is 1.86 bits per heavy atom. The van der Waals surface area contributed by atoms with Gasteiger partial charge in [-0.05, 0) is 41.7 Å². The van der Waals surface area contributed by atoms with Crippen LogP contribution >= 0.6 is 23.2 Å². The molecule has 0 fully saturated rings. The van der Waals surface area contributed by atoms with Crippen molar-refractivity contribution in [2.24, 2.45) is 0 Å².